The van der Waals surface area contributed by atoms with E-state index in [9.17, 15) is 25.1 Å². The number of nitrogens with one attached hydrogen (secondary N) is 1. The lowest BCUT2D eigenvalue weighted by Gasteiger charge is -2.60. The van der Waals surface area contributed by atoms with E-state index in [1.807, 2.05) is 35.2 Å². The van der Waals surface area contributed by atoms with Gasteiger partial charge in [0.2, 0.25) is 18.5 Å². The molecule has 3 aromatic rings. The van der Waals surface area contributed by atoms with E-state index in [1.165, 1.54) is 57.1 Å². The molecule has 16 nitrogen and oxygen atoms in total. The molecule has 3 N–H and O–H groups in total. The molecule has 8 rings (SSSR count). The summed E-state index contributed by atoms with van der Waals surface area (Å²) in [6.45, 7) is 7.36. The van der Waals surface area contributed by atoms with Crippen LogP contribution >= 0.6 is 0 Å². The van der Waals surface area contributed by atoms with Crippen molar-refractivity contribution in [2.75, 3.05) is 33.2 Å². The molecule has 16 heteroatoms. The number of hydrogen-bond donors (Lipinski definition) is 3. The second kappa shape index (κ2) is 30.0. The number of unbranched alkanes of at least 4 members (excludes halogenated alkanes) is 11. The summed E-state index contributed by atoms with van der Waals surface area (Å²) in [7, 11) is 0. The van der Waals surface area contributed by atoms with Gasteiger partial charge in [0.1, 0.15) is 24.1 Å². The van der Waals surface area contributed by atoms with E-state index in [1.54, 1.807) is 24.3 Å². The third-order valence-electron chi connectivity index (χ3n) is 16.9. The number of amides is 2. The van der Waals surface area contributed by atoms with Crippen LogP contribution in [0.15, 0.2) is 90.1 Å². The summed E-state index contributed by atoms with van der Waals surface area (Å²) in [5.41, 5.74) is 3.79. The Bertz CT molecular complexity index is 2530. The van der Waals surface area contributed by atoms with Crippen LogP contribution in [0, 0.1) is 33.8 Å². The van der Waals surface area contributed by atoms with Crippen LogP contribution in [-0.2, 0) is 27.5 Å². The molecule has 3 aliphatic carbocycles. The van der Waals surface area contributed by atoms with E-state index in [0.29, 0.717) is 66.0 Å². The van der Waals surface area contributed by atoms with Gasteiger partial charge in [-0.05, 0) is 115 Å². The molecule has 6 atom stereocenters. The van der Waals surface area contributed by atoms with Crippen molar-refractivity contribution in [3.8, 4) is 23.0 Å². The molecule has 5 aliphatic rings. The standard InChI is InChI=1S/C63H86N4O12/c1-3-5-6-7-8-9-10-11-12-17-34-64-62(71)78-50-30-32-55-53(40-50)60-51(23-16-19-36-69)48(22-15-18-35-68)39-52-54(65-77-43-46-24-28-49(29-25-46)67(72)73)41-58(63(79-55,61(52)60)76-37-4-2)66(59(70)33-27-45-20-13-14-21-45)42-47-26-31-56-57(38-47)75-44-74-56/h4,24-26,28-32,38-40,45,48,51,58,60-61,68-69H,2-3,5-23,27,33-37,41-44H2,1H3,(H,64,71)/t48-,51+,58-,60+,61+,63+/m0/s1. The minimum atomic E-state index is -1.52. The smallest absolute Gasteiger partial charge is 0.412 e. The fourth-order valence-corrected chi connectivity index (χ4v) is 12.9. The Balaban J connectivity index is 1.20. The van der Waals surface area contributed by atoms with Crippen LogP contribution in [0.25, 0.3) is 0 Å². The molecule has 0 spiro atoms. The Morgan fingerprint density at radius 2 is 1.54 bits per heavy atom. The predicted octanol–water partition coefficient (Wildman–Crippen LogP) is 13.2. The van der Waals surface area contributed by atoms with Gasteiger partial charge in [0.05, 0.1) is 23.2 Å². The molecule has 0 radical (unpaired) electrons. The number of carbonyl (C=O) groups is 2. The number of ether oxygens (including phenoxy) is 5. The SMILES string of the molecule is C=CCO[C@@]12Oc3ccc(OC(=O)NCCCCCCCCCCCC)cc3[C@H]3[C@H](CCCCO)[C@@H](CCCCO)C=C(C(=NOCc4ccc([N+](=O)[O-])cc4)C[C@@H]1N(Cc1ccc4c(c1)OCO4)C(=O)CCC1CCCC1)[C@H]32. The van der Waals surface area contributed by atoms with Gasteiger partial charge >= 0.3 is 6.09 Å². The number of fused-ring (bicyclic) bond motifs is 3. The fourth-order valence-electron chi connectivity index (χ4n) is 12.9. The van der Waals surface area contributed by atoms with Crippen LogP contribution in [0.2, 0.25) is 0 Å². The van der Waals surface area contributed by atoms with Gasteiger partial charge in [0.15, 0.2) is 11.5 Å². The number of rotatable bonds is 33. The lowest BCUT2D eigenvalue weighted by Crippen LogP contribution is -2.70. The number of carbonyl (C=O) groups excluding carboxylic acids is 2. The van der Waals surface area contributed by atoms with Crippen molar-refractivity contribution in [2.24, 2.45) is 28.8 Å². The molecular weight excluding hydrogens is 1000 g/mol. The lowest BCUT2D eigenvalue weighted by atomic mass is 9.55. The molecule has 2 fully saturated rings. The number of nitro groups is 1. The maximum Gasteiger partial charge on any atom is 0.412 e. The Labute approximate surface area is 467 Å². The lowest BCUT2D eigenvalue weighted by molar-refractivity contribution is -0.384. The fraction of sp³-hybridized carbons (Fsp3) is 0.603. The quantitative estimate of drug-likeness (QED) is 0.0226. The summed E-state index contributed by atoms with van der Waals surface area (Å²) in [4.78, 5) is 48.4. The van der Waals surface area contributed by atoms with Gasteiger partial charge < -0.3 is 49.0 Å². The monoisotopic (exact) mass is 1090 g/mol. The molecule has 0 unspecified atom stereocenters. The maximum absolute atomic E-state index is 15.5. The number of oxime groups is 1. The van der Waals surface area contributed by atoms with Crippen LogP contribution in [0.3, 0.4) is 0 Å². The maximum atomic E-state index is 15.5. The second-order valence-corrected chi connectivity index (χ2v) is 22.4. The number of aliphatic hydroxyl groups is 2. The topological polar surface area (TPSA) is 201 Å². The van der Waals surface area contributed by atoms with E-state index in [0.717, 1.165) is 93.7 Å². The average molecular weight is 1090 g/mol. The molecular formula is C63H86N4O12. The molecule has 0 bridgehead atoms. The molecule has 0 aromatic heterocycles. The van der Waals surface area contributed by atoms with Crippen molar-refractivity contribution in [1.82, 2.24) is 10.2 Å². The van der Waals surface area contributed by atoms with Crippen LogP contribution in [0.5, 0.6) is 23.0 Å². The number of benzene rings is 3. The van der Waals surface area contributed by atoms with E-state index < -0.39 is 28.8 Å². The Morgan fingerprint density at radius 1 is 0.848 bits per heavy atom. The van der Waals surface area contributed by atoms with E-state index >= 15 is 4.79 Å². The number of non-ortho nitro benzene ring substituents is 1. The largest absolute Gasteiger partial charge is 0.459 e. The summed E-state index contributed by atoms with van der Waals surface area (Å²) in [6.07, 6.45) is 25.3. The summed E-state index contributed by atoms with van der Waals surface area (Å²) in [5.74, 6) is -0.0200. The van der Waals surface area contributed by atoms with Crippen molar-refractivity contribution in [3.63, 3.8) is 0 Å². The van der Waals surface area contributed by atoms with Crippen LogP contribution in [0.4, 0.5) is 10.5 Å². The van der Waals surface area contributed by atoms with Crippen molar-refractivity contribution in [2.45, 2.75) is 186 Å². The number of aliphatic hydroxyl groups excluding tert-OH is 2. The average Bonchev–Trinajstić information content (AvgIpc) is 3.09. The minimum Gasteiger partial charge on any atom is -0.459 e. The van der Waals surface area contributed by atoms with Crippen molar-refractivity contribution in [1.29, 1.82) is 0 Å². The predicted molar refractivity (Wildman–Crippen MR) is 303 cm³/mol. The molecule has 2 heterocycles. The molecule has 430 valence electrons. The third-order valence-corrected chi connectivity index (χ3v) is 16.9. The summed E-state index contributed by atoms with van der Waals surface area (Å²) in [5, 5.41) is 39.8. The summed E-state index contributed by atoms with van der Waals surface area (Å²) < 4.78 is 32.5. The van der Waals surface area contributed by atoms with E-state index in [2.05, 4.69) is 24.9 Å². The highest BCUT2D eigenvalue weighted by atomic mass is 16.7. The van der Waals surface area contributed by atoms with Gasteiger partial charge in [0.25, 0.3) is 5.69 Å². The van der Waals surface area contributed by atoms with Gasteiger partial charge in [-0.25, -0.2) is 4.79 Å². The summed E-state index contributed by atoms with van der Waals surface area (Å²) >= 11 is 0. The van der Waals surface area contributed by atoms with Crippen molar-refractivity contribution in [3.05, 3.63) is 112 Å². The van der Waals surface area contributed by atoms with Gasteiger partial charge in [-0.15, -0.1) is 6.58 Å². The number of allylic oxidation sites excluding steroid dienone is 1. The summed E-state index contributed by atoms with van der Waals surface area (Å²) in [6, 6.07) is 16.7. The molecule has 2 amide bonds. The number of hydrogen-bond acceptors (Lipinski definition) is 13. The highest BCUT2D eigenvalue weighted by Crippen LogP contribution is 2.62. The van der Waals surface area contributed by atoms with E-state index in [-0.39, 0.29) is 75.5 Å². The third kappa shape index (κ3) is 15.5. The normalized spacial score (nSPS) is 22.3. The van der Waals surface area contributed by atoms with Crippen LogP contribution < -0.4 is 24.3 Å². The van der Waals surface area contributed by atoms with Gasteiger partial charge in [-0.2, -0.15) is 0 Å². The van der Waals surface area contributed by atoms with Crippen LogP contribution in [-0.4, -0.2) is 82.7 Å². The zero-order valence-electron chi connectivity index (χ0n) is 46.6. The van der Waals surface area contributed by atoms with Gasteiger partial charge in [-0.3, -0.25) is 14.9 Å². The highest BCUT2D eigenvalue weighted by Gasteiger charge is 2.65. The molecule has 0 saturated heterocycles. The Kier molecular flexibility index (Phi) is 22.5. The molecule has 79 heavy (non-hydrogen) atoms. The molecule has 3 aromatic carbocycles. The number of nitrogens with zero attached hydrogens (tertiary/aromatic N) is 3. The first-order valence-electron chi connectivity index (χ1n) is 29.7. The first-order valence-corrected chi connectivity index (χ1v) is 29.7. The zero-order valence-corrected chi connectivity index (χ0v) is 46.6. The van der Waals surface area contributed by atoms with Crippen molar-refractivity contribution >= 4 is 23.4 Å². The first-order chi connectivity index (χ1) is 38.7. The van der Waals surface area contributed by atoms with Crippen molar-refractivity contribution < 1.29 is 53.2 Å². The second-order valence-electron chi connectivity index (χ2n) is 22.4. The minimum absolute atomic E-state index is 0.0257. The zero-order chi connectivity index (χ0) is 55.4. The Hall–Kier alpha value is -5.97. The van der Waals surface area contributed by atoms with Crippen LogP contribution in [0.1, 0.15) is 177 Å². The highest BCUT2D eigenvalue weighted by molar-refractivity contribution is 6.03. The Morgan fingerprint density at radius 3 is 2.27 bits per heavy atom. The van der Waals surface area contributed by atoms with Gasteiger partial charge in [-0.1, -0.05) is 127 Å². The molecule has 2 aliphatic heterocycles. The molecule has 2 saturated carbocycles. The van der Waals surface area contributed by atoms with Gasteiger partial charge in [0, 0.05) is 62.8 Å². The number of nitro benzene ring substituents is 1. The first kappa shape index (κ1) is 59.2. The van der Waals surface area contributed by atoms with E-state index in [4.69, 9.17) is 33.7 Å².